The summed E-state index contributed by atoms with van der Waals surface area (Å²) in [6.45, 7) is 0. The van der Waals surface area contributed by atoms with Crippen molar-refractivity contribution >= 4 is 11.4 Å². The van der Waals surface area contributed by atoms with Gasteiger partial charge in [0.1, 0.15) is 0 Å². The first-order chi connectivity index (χ1) is 5.61. The van der Waals surface area contributed by atoms with Crippen LogP contribution in [0, 0.1) is 16.2 Å². The van der Waals surface area contributed by atoms with Crippen LogP contribution in [0.3, 0.4) is 0 Å². The molecule has 0 saturated heterocycles. The molecule has 0 aliphatic rings. The Balaban J connectivity index is 3.04. The number of nitro benzene ring substituents is 1. The van der Waals surface area contributed by atoms with Crippen molar-refractivity contribution in [3.8, 4) is 0 Å². The molecule has 1 aromatic carbocycles. The van der Waals surface area contributed by atoms with E-state index in [1.807, 2.05) is 14.1 Å². The van der Waals surface area contributed by atoms with Gasteiger partial charge in [0.25, 0.3) is 5.69 Å². The Morgan fingerprint density at radius 2 is 2.17 bits per heavy atom. The minimum atomic E-state index is -0.427. The SMILES string of the molecule is CN(C)c1c[c]cc([N+](=O)[O-])c1. The molecule has 1 aromatic rings. The highest BCUT2D eigenvalue weighted by atomic mass is 16.6. The van der Waals surface area contributed by atoms with Gasteiger partial charge >= 0.3 is 0 Å². The lowest BCUT2D eigenvalue weighted by atomic mass is 10.3. The molecular weight excluding hydrogens is 156 g/mol. The average Bonchev–Trinajstić information content (AvgIpc) is 2.04. The van der Waals surface area contributed by atoms with Gasteiger partial charge in [0, 0.05) is 31.9 Å². The van der Waals surface area contributed by atoms with Crippen molar-refractivity contribution in [3.05, 3.63) is 34.4 Å². The lowest BCUT2D eigenvalue weighted by Gasteiger charge is -2.10. The van der Waals surface area contributed by atoms with Gasteiger partial charge in [0.2, 0.25) is 0 Å². The maximum atomic E-state index is 10.3. The molecule has 0 aliphatic heterocycles. The van der Waals surface area contributed by atoms with Gasteiger partial charge in [-0.1, -0.05) is 0 Å². The second-order valence-electron chi connectivity index (χ2n) is 2.60. The van der Waals surface area contributed by atoms with Gasteiger partial charge in [-0.2, -0.15) is 0 Å². The van der Waals surface area contributed by atoms with Crippen molar-refractivity contribution in [3.63, 3.8) is 0 Å². The Bertz CT molecular complexity index is 297. The fraction of sp³-hybridized carbons (Fsp3) is 0.250. The molecule has 1 radical (unpaired) electrons. The van der Waals surface area contributed by atoms with Crippen LogP contribution in [-0.2, 0) is 0 Å². The topological polar surface area (TPSA) is 46.4 Å². The summed E-state index contributed by atoms with van der Waals surface area (Å²) in [6, 6.07) is 7.27. The molecule has 12 heavy (non-hydrogen) atoms. The Morgan fingerprint density at radius 1 is 1.50 bits per heavy atom. The molecule has 0 unspecified atom stereocenters. The molecule has 4 heteroatoms. The second-order valence-corrected chi connectivity index (χ2v) is 2.60. The quantitative estimate of drug-likeness (QED) is 0.492. The maximum absolute atomic E-state index is 10.3. The first-order valence-electron chi connectivity index (χ1n) is 3.44. The smallest absolute Gasteiger partial charge is 0.272 e. The van der Waals surface area contributed by atoms with Crippen LogP contribution in [0.4, 0.5) is 11.4 Å². The minimum absolute atomic E-state index is 0.0706. The molecule has 0 spiro atoms. The predicted molar refractivity (Wildman–Crippen MR) is 46.3 cm³/mol. The largest absolute Gasteiger partial charge is 0.377 e. The Labute approximate surface area is 70.6 Å². The number of anilines is 1. The molecule has 63 valence electrons. The first-order valence-corrected chi connectivity index (χ1v) is 3.44. The molecule has 0 atom stereocenters. The van der Waals surface area contributed by atoms with E-state index < -0.39 is 4.92 Å². The van der Waals surface area contributed by atoms with E-state index in [0.717, 1.165) is 5.69 Å². The lowest BCUT2D eigenvalue weighted by molar-refractivity contribution is -0.384. The third kappa shape index (κ3) is 1.72. The molecule has 0 amide bonds. The van der Waals surface area contributed by atoms with Gasteiger partial charge in [-0.25, -0.2) is 0 Å². The monoisotopic (exact) mass is 165 g/mol. The van der Waals surface area contributed by atoms with E-state index in [4.69, 9.17) is 0 Å². The van der Waals surface area contributed by atoms with Gasteiger partial charge in [0.15, 0.2) is 0 Å². The first kappa shape index (κ1) is 8.52. The molecule has 0 fully saturated rings. The van der Waals surface area contributed by atoms with Crippen LogP contribution >= 0.6 is 0 Å². The predicted octanol–water partition coefficient (Wildman–Crippen LogP) is 1.46. The van der Waals surface area contributed by atoms with E-state index in [1.54, 1.807) is 11.0 Å². The summed E-state index contributed by atoms with van der Waals surface area (Å²) in [4.78, 5) is 11.7. The molecule has 0 aromatic heterocycles. The average molecular weight is 165 g/mol. The van der Waals surface area contributed by atoms with Crippen LogP contribution < -0.4 is 4.90 Å². The van der Waals surface area contributed by atoms with Crippen LogP contribution in [0.5, 0.6) is 0 Å². The van der Waals surface area contributed by atoms with Crippen molar-refractivity contribution in [2.45, 2.75) is 0 Å². The Hall–Kier alpha value is -1.58. The Kier molecular flexibility index (Phi) is 2.28. The van der Waals surface area contributed by atoms with Crippen molar-refractivity contribution < 1.29 is 4.92 Å². The summed E-state index contributed by atoms with van der Waals surface area (Å²) in [5.41, 5.74) is 0.852. The number of rotatable bonds is 2. The van der Waals surface area contributed by atoms with E-state index in [2.05, 4.69) is 6.07 Å². The lowest BCUT2D eigenvalue weighted by Crippen LogP contribution is -2.08. The number of non-ortho nitro benzene ring substituents is 1. The highest BCUT2D eigenvalue weighted by molar-refractivity contribution is 5.51. The summed E-state index contributed by atoms with van der Waals surface area (Å²) in [5.74, 6) is 0. The van der Waals surface area contributed by atoms with Crippen LogP contribution in [0.15, 0.2) is 18.2 Å². The van der Waals surface area contributed by atoms with Crippen molar-refractivity contribution in [2.75, 3.05) is 19.0 Å². The van der Waals surface area contributed by atoms with Gasteiger partial charge in [-0.15, -0.1) is 0 Å². The van der Waals surface area contributed by atoms with Gasteiger partial charge in [-0.05, 0) is 12.1 Å². The van der Waals surface area contributed by atoms with Gasteiger partial charge < -0.3 is 4.90 Å². The van der Waals surface area contributed by atoms with Crippen molar-refractivity contribution in [2.24, 2.45) is 0 Å². The van der Waals surface area contributed by atoms with E-state index in [-0.39, 0.29) is 5.69 Å². The van der Waals surface area contributed by atoms with E-state index in [9.17, 15) is 10.1 Å². The zero-order valence-corrected chi connectivity index (χ0v) is 6.94. The number of nitrogens with zero attached hydrogens (tertiary/aromatic N) is 2. The van der Waals surface area contributed by atoms with Crippen LogP contribution in [0.1, 0.15) is 0 Å². The van der Waals surface area contributed by atoms with Crippen LogP contribution in [0.25, 0.3) is 0 Å². The zero-order valence-electron chi connectivity index (χ0n) is 6.94. The number of hydrogen-bond donors (Lipinski definition) is 0. The van der Waals surface area contributed by atoms with E-state index in [1.165, 1.54) is 12.1 Å². The summed E-state index contributed by atoms with van der Waals surface area (Å²) in [5, 5.41) is 10.3. The molecule has 0 bridgehead atoms. The van der Waals surface area contributed by atoms with Crippen molar-refractivity contribution in [1.29, 1.82) is 0 Å². The molecule has 0 saturated carbocycles. The van der Waals surface area contributed by atoms with Crippen LogP contribution in [-0.4, -0.2) is 19.0 Å². The van der Waals surface area contributed by atoms with Gasteiger partial charge in [0.05, 0.1) is 4.92 Å². The molecule has 0 heterocycles. The molecule has 0 N–H and O–H groups in total. The fourth-order valence-electron chi connectivity index (χ4n) is 0.811. The summed E-state index contributed by atoms with van der Waals surface area (Å²) in [6.07, 6.45) is 0. The van der Waals surface area contributed by atoms with Crippen molar-refractivity contribution in [1.82, 2.24) is 0 Å². The summed E-state index contributed by atoms with van der Waals surface area (Å²) >= 11 is 0. The number of hydrogen-bond acceptors (Lipinski definition) is 3. The second kappa shape index (κ2) is 3.21. The summed E-state index contributed by atoms with van der Waals surface area (Å²) < 4.78 is 0. The standard InChI is InChI=1S/C8H9N2O2/c1-9(2)7-4-3-5-8(6-7)10(11)12/h4-6H,1-2H3. The van der Waals surface area contributed by atoms with E-state index >= 15 is 0 Å². The third-order valence-electron chi connectivity index (χ3n) is 1.49. The van der Waals surface area contributed by atoms with Gasteiger partial charge in [-0.3, -0.25) is 10.1 Å². The molecule has 0 aliphatic carbocycles. The zero-order chi connectivity index (χ0) is 9.14. The highest BCUT2D eigenvalue weighted by Gasteiger charge is 2.05. The fourth-order valence-corrected chi connectivity index (χ4v) is 0.811. The molecule has 4 nitrogen and oxygen atoms in total. The number of nitro groups is 1. The van der Waals surface area contributed by atoms with Crippen LogP contribution in [0.2, 0.25) is 0 Å². The maximum Gasteiger partial charge on any atom is 0.272 e. The highest BCUT2D eigenvalue weighted by Crippen LogP contribution is 2.18. The summed E-state index contributed by atoms with van der Waals surface area (Å²) in [7, 11) is 3.65. The minimum Gasteiger partial charge on any atom is -0.377 e. The van der Waals surface area contributed by atoms with E-state index in [0.29, 0.717) is 0 Å². The Morgan fingerprint density at radius 3 is 2.67 bits per heavy atom. The normalized spacial score (nSPS) is 9.50. The third-order valence-corrected chi connectivity index (χ3v) is 1.49. The molecular formula is C8H9N2O2. The number of benzene rings is 1. The molecule has 1 rings (SSSR count).